The Kier molecular flexibility index (Phi) is 3.98. The van der Waals surface area contributed by atoms with Crippen molar-refractivity contribution in [2.24, 2.45) is 5.92 Å². The Labute approximate surface area is 162 Å². The SMILES string of the molecule is C[C@@]1(C2CC2)NC(=O)N(C[NH+]2CCC[C@H](c3nc4ccccc4s3)C2)C1=O. The van der Waals surface area contributed by atoms with Gasteiger partial charge in [-0.3, -0.25) is 4.79 Å². The van der Waals surface area contributed by atoms with Gasteiger partial charge in [-0.1, -0.05) is 12.1 Å². The van der Waals surface area contributed by atoms with Crippen molar-refractivity contribution >= 4 is 33.5 Å². The van der Waals surface area contributed by atoms with E-state index in [1.165, 1.54) is 19.5 Å². The zero-order valence-corrected chi connectivity index (χ0v) is 16.3. The van der Waals surface area contributed by atoms with Gasteiger partial charge in [0.25, 0.3) is 5.91 Å². The minimum absolute atomic E-state index is 0.0374. The zero-order valence-electron chi connectivity index (χ0n) is 15.5. The molecule has 0 radical (unpaired) electrons. The molecule has 142 valence electrons. The van der Waals surface area contributed by atoms with E-state index in [1.54, 1.807) is 11.3 Å². The maximum Gasteiger partial charge on any atom is 0.329 e. The van der Waals surface area contributed by atoms with Crippen molar-refractivity contribution in [3.8, 4) is 0 Å². The minimum Gasteiger partial charge on any atom is -0.323 e. The van der Waals surface area contributed by atoms with E-state index < -0.39 is 5.54 Å². The Morgan fingerprint density at radius 1 is 1.30 bits per heavy atom. The molecule has 1 unspecified atom stereocenters. The van der Waals surface area contributed by atoms with Crippen LogP contribution in [0.2, 0.25) is 0 Å². The predicted octanol–water partition coefficient (Wildman–Crippen LogP) is 1.74. The molecule has 3 amide bonds. The van der Waals surface area contributed by atoms with Crippen molar-refractivity contribution in [2.45, 2.75) is 44.1 Å². The molecule has 3 heterocycles. The number of nitrogens with zero attached hydrogens (tertiary/aromatic N) is 2. The number of hydrogen-bond acceptors (Lipinski definition) is 4. The molecule has 7 heteroatoms. The summed E-state index contributed by atoms with van der Waals surface area (Å²) in [6, 6.07) is 8.05. The van der Waals surface area contributed by atoms with Crippen LogP contribution in [0.5, 0.6) is 0 Å². The number of amides is 3. The third kappa shape index (κ3) is 2.93. The van der Waals surface area contributed by atoms with E-state index in [1.807, 2.05) is 13.0 Å². The molecule has 3 atom stereocenters. The number of likely N-dealkylation sites (tertiary alicyclic amines) is 1. The summed E-state index contributed by atoms with van der Waals surface area (Å²) < 4.78 is 1.23. The highest BCUT2D eigenvalue weighted by Crippen LogP contribution is 2.42. The van der Waals surface area contributed by atoms with E-state index in [-0.39, 0.29) is 11.9 Å². The predicted molar refractivity (Wildman–Crippen MR) is 104 cm³/mol. The van der Waals surface area contributed by atoms with E-state index in [9.17, 15) is 9.59 Å². The van der Waals surface area contributed by atoms with Crippen LogP contribution in [-0.4, -0.2) is 47.1 Å². The Bertz CT molecular complexity index is 875. The zero-order chi connectivity index (χ0) is 18.6. The topological polar surface area (TPSA) is 66.7 Å². The fraction of sp³-hybridized carbons (Fsp3) is 0.550. The number of fused-ring (bicyclic) bond motifs is 1. The number of carbonyl (C=O) groups excluding carboxylic acids is 2. The summed E-state index contributed by atoms with van der Waals surface area (Å²) in [7, 11) is 0. The lowest BCUT2D eigenvalue weighted by Gasteiger charge is -2.31. The molecule has 1 saturated carbocycles. The van der Waals surface area contributed by atoms with Gasteiger partial charge in [0, 0.05) is 0 Å². The molecule has 2 saturated heterocycles. The number of aromatic nitrogens is 1. The quantitative estimate of drug-likeness (QED) is 0.788. The Hall–Kier alpha value is -1.99. The summed E-state index contributed by atoms with van der Waals surface area (Å²) in [5.74, 6) is 0.678. The van der Waals surface area contributed by atoms with Gasteiger partial charge in [-0.2, -0.15) is 0 Å². The minimum atomic E-state index is -0.682. The fourth-order valence-corrected chi connectivity index (χ4v) is 5.69. The van der Waals surface area contributed by atoms with Crippen molar-refractivity contribution in [1.29, 1.82) is 0 Å². The van der Waals surface area contributed by atoms with Crippen molar-refractivity contribution in [1.82, 2.24) is 15.2 Å². The first-order valence-corrected chi connectivity index (χ1v) is 10.7. The van der Waals surface area contributed by atoms with Crippen LogP contribution in [0.15, 0.2) is 24.3 Å². The van der Waals surface area contributed by atoms with Gasteiger partial charge < -0.3 is 10.2 Å². The summed E-state index contributed by atoms with van der Waals surface area (Å²) in [6.07, 6.45) is 4.29. The highest BCUT2D eigenvalue weighted by molar-refractivity contribution is 7.18. The van der Waals surface area contributed by atoms with E-state index >= 15 is 0 Å². The number of imide groups is 1. The second kappa shape index (κ2) is 6.27. The van der Waals surface area contributed by atoms with Gasteiger partial charge in [0.15, 0.2) is 6.67 Å². The number of piperidine rings is 1. The molecule has 2 aromatic rings. The van der Waals surface area contributed by atoms with E-state index in [0.717, 1.165) is 44.3 Å². The van der Waals surface area contributed by atoms with Gasteiger partial charge in [-0.25, -0.2) is 14.7 Å². The molecular weight excluding hydrogens is 360 g/mol. The number of benzene rings is 1. The van der Waals surface area contributed by atoms with Crippen molar-refractivity contribution in [3.63, 3.8) is 0 Å². The molecule has 0 spiro atoms. The number of carbonyl (C=O) groups is 2. The van der Waals surface area contributed by atoms with E-state index in [0.29, 0.717) is 18.5 Å². The molecule has 3 aliphatic rings. The van der Waals surface area contributed by atoms with Crippen LogP contribution in [0.4, 0.5) is 4.79 Å². The molecule has 3 fully saturated rings. The molecule has 2 aliphatic heterocycles. The Morgan fingerprint density at radius 2 is 2.11 bits per heavy atom. The second-order valence-corrected chi connectivity index (χ2v) is 9.42. The summed E-state index contributed by atoms with van der Waals surface area (Å²) >= 11 is 1.78. The number of rotatable bonds is 4. The van der Waals surface area contributed by atoms with Crippen LogP contribution < -0.4 is 10.2 Å². The lowest BCUT2D eigenvalue weighted by atomic mass is 9.96. The smallest absolute Gasteiger partial charge is 0.323 e. The average Bonchev–Trinajstić information content (AvgIpc) is 3.40. The average molecular weight is 386 g/mol. The van der Waals surface area contributed by atoms with Crippen LogP contribution in [0, 0.1) is 5.92 Å². The van der Waals surface area contributed by atoms with Crippen LogP contribution in [0.3, 0.4) is 0 Å². The van der Waals surface area contributed by atoms with Crippen molar-refractivity contribution in [2.75, 3.05) is 19.8 Å². The molecule has 6 nitrogen and oxygen atoms in total. The largest absolute Gasteiger partial charge is 0.329 e. The van der Waals surface area contributed by atoms with Gasteiger partial charge in [0.2, 0.25) is 0 Å². The molecular formula is C20H25N4O2S+. The number of quaternary nitrogens is 1. The summed E-state index contributed by atoms with van der Waals surface area (Å²) in [5.41, 5.74) is 0.387. The van der Waals surface area contributed by atoms with E-state index in [4.69, 9.17) is 4.98 Å². The molecule has 5 rings (SSSR count). The molecule has 1 aliphatic carbocycles. The van der Waals surface area contributed by atoms with Gasteiger partial charge in [-0.05, 0) is 50.7 Å². The normalized spacial score (nSPS) is 31.5. The Morgan fingerprint density at radius 3 is 2.89 bits per heavy atom. The lowest BCUT2D eigenvalue weighted by Crippen LogP contribution is -3.15. The first-order valence-electron chi connectivity index (χ1n) is 9.88. The number of para-hydroxylation sites is 1. The first kappa shape index (κ1) is 17.1. The third-order valence-corrected chi connectivity index (χ3v) is 7.55. The summed E-state index contributed by atoms with van der Waals surface area (Å²) in [5, 5.41) is 4.14. The molecule has 27 heavy (non-hydrogen) atoms. The number of urea groups is 1. The Balaban J connectivity index is 1.30. The molecule has 1 aromatic carbocycles. The van der Waals surface area contributed by atoms with Crippen LogP contribution in [-0.2, 0) is 4.79 Å². The summed E-state index contributed by atoms with van der Waals surface area (Å²) in [6.45, 7) is 4.28. The first-order chi connectivity index (χ1) is 13.0. The highest BCUT2D eigenvalue weighted by Gasteiger charge is 2.56. The van der Waals surface area contributed by atoms with Crippen LogP contribution in [0.1, 0.15) is 43.5 Å². The van der Waals surface area contributed by atoms with Crippen LogP contribution in [0.25, 0.3) is 10.2 Å². The maximum absolute atomic E-state index is 12.9. The van der Waals surface area contributed by atoms with Gasteiger partial charge in [0.1, 0.15) is 10.5 Å². The standard InChI is InChI=1S/C20H24N4O2S/c1-20(14-8-9-14)18(25)24(19(26)22-20)12-23-10-4-5-13(11-23)17-21-15-6-2-3-7-16(15)27-17/h2-3,6-7,13-14H,4-5,8-12H2,1H3,(H,22,26)/p+1/t13-,20-/m0/s1. The van der Waals surface area contributed by atoms with Crippen molar-refractivity contribution < 1.29 is 14.5 Å². The number of thiazole rings is 1. The third-order valence-electron chi connectivity index (χ3n) is 6.35. The van der Waals surface area contributed by atoms with Crippen molar-refractivity contribution in [3.05, 3.63) is 29.3 Å². The lowest BCUT2D eigenvalue weighted by molar-refractivity contribution is -0.913. The number of nitrogens with one attached hydrogen (secondary N) is 2. The maximum atomic E-state index is 12.9. The van der Waals surface area contributed by atoms with Gasteiger partial charge in [0.05, 0.1) is 29.2 Å². The summed E-state index contributed by atoms with van der Waals surface area (Å²) in [4.78, 5) is 32.9. The van der Waals surface area contributed by atoms with Gasteiger partial charge in [-0.15, -0.1) is 11.3 Å². The van der Waals surface area contributed by atoms with Crippen LogP contribution >= 0.6 is 11.3 Å². The number of hydrogen-bond donors (Lipinski definition) is 2. The molecule has 2 N–H and O–H groups in total. The fourth-order valence-electron chi connectivity index (χ4n) is 4.59. The van der Waals surface area contributed by atoms with Gasteiger partial charge >= 0.3 is 6.03 Å². The van der Waals surface area contributed by atoms with E-state index in [2.05, 4.69) is 23.5 Å². The second-order valence-electron chi connectivity index (χ2n) is 8.36. The highest BCUT2D eigenvalue weighted by atomic mass is 32.1. The molecule has 0 bridgehead atoms. The molecule has 1 aromatic heterocycles. The monoisotopic (exact) mass is 385 g/mol.